The summed E-state index contributed by atoms with van der Waals surface area (Å²) in [5.41, 5.74) is 0. The summed E-state index contributed by atoms with van der Waals surface area (Å²) >= 11 is 0. The molecule has 0 radical (unpaired) electrons. The van der Waals surface area contributed by atoms with Crippen LogP contribution in [0.25, 0.3) is 0 Å². The highest BCUT2D eigenvalue weighted by Gasteiger charge is 2.39. The zero-order valence-electron chi connectivity index (χ0n) is 15.6. The molecule has 0 saturated carbocycles. The number of esters is 1. The monoisotopic (exact) mass is 375 g/mol. The second-order valence-corrected chi connectivity index (χ2v) is 15.3. The number of hydrogen-bond donors (Lipinski definition) is 0. The molecule has 24 heavy (non-hydrogen) atoms. The molecule has 0 unspecified atom stereocenters. The molecule has 2 atom stereocenters. The molecule has 0 bridgehead atoms. The van der Waals surface area contributed by atoms with E-state index in [2.05, 4.69) is 26.2 Å². The van der Waals surface area contributed by atoms with Gasteiger partial charge in [-0.15, -0.1) is 6.58 Å². The number of hydrogen-bond acceptors (Lipinski definition) is 4. The molecule has 1 saturated heterocycles. The first-order chi connectivity index (χ1) is 11.1. The Balaban J connectivity index is 2.99. The van der Waals surface area contributed by atoms with Crippen molar-refractivity contribution in [1.29, 1.82) is 0 Å². The Kier molecular flexibility index (Phi) is 8.15. The summed E-state index contributed by atoms with van der Waals surface area (Å²) in [5, 5.41) is 0. The molecule has 0 spiro atoms. The molecule has 7 heteroatoms. The lowest BCUT2D eigenvalue weighted by Gasteiger charge is -2.40. The Morgan fingerprint density at radius 1 is 1.29 bits per heavy atom. The Bertz CT molecular complexity index is 527. The maximum absolute atomic E-state index is 13.0. The van der Waals surface area contributed by atoms with Crippen molar-refractivity contribution in [1.82, 2.24) is 4.31 Å². The quantitative estimate of drug-likeness (QED) is 0.352. The lowest BCUT2D eigenvalue weighted by Crippen LogP contribution is -2.51. The zero-order valence-corrected chi connectivity index (χ0v) is 17.4. The number of sulfonamides is 1. The molecule has 1 aliphatic heterocycles. The molecule has 140 valence electrons. The van der Waals surface area contributed by atoms with E-state index in [-0.39, 0.29) is 30.2 Å². The van der Waals surface area contributed by atoms with Crippen LogP contribution in [0.4, 0.5) is 0 Å². The van der Waals surface area contributed by atoms with E-state index in [1.165, 1.54) is 0 Å². The minimum Gasteiger partial charge on any atom is -0.466 e. The van der Waals surface area contributed by atoms with E-state index in [1.54, 1.807) is 17.3 Å². The van der Waals surface area contributed by atoms with Gasteiger partial charge in [-0.2, -0.15) is 4.31 Å². The molecule has 0 aliphatic carbocycles. The van der Waals surface area contributed by atoms with Crippen LogP contribution in [0.2, 0.25) is 25.7 Å². The van der Waals surface area contributed by atoms with Crippen LogP contribution in [-0.2, 0) is 19.6 Å². The molecule has 5 nitrogen and oxygen atoms in total. The van der Waals surface area contributed by atoms with Crippen molar-refractivity contribution in [2.24, 2.45) is 0 Å². The van der Waals surface area contributed by atoms with Gasteiger partial charge in [0.15, 0.2) is 0 Å². The summed E-state index contributed by atoms with van der Waals surface area (Å²) in [6.45, 7) is 12.4. The normalized spacial score (nSPS) is 23.0. The second-order valence-electron chi connectivity index (χ2n) is 7.73. The summed E-state index contributed by atoms with van der Waals surface area (Å²) < 4.78 is 32.7. The third-order valence-corrected chi connectivity index (χ3v) is 8.44. The Hall–Kier alpha value is -0.663. The summed E-state index contributed by atoms with van der Waals surface area (Å²) in [6, 6.07) is 0.371. The van der Waals surface area contributed by atoms with Gasteiger partial charge in [-0.1, -0.05) is 32.1 Å². The van der Waals surface area contributed by atoms with Gasteiger partial charge < -0.3 is 4.74 Å². The number of ether oxygens (including phenoxy) is 1. The van der Waals surface area contributed by atoms with Gasteiger partial charge in [0.1, 0.15) is 0 Å². The number of piperidine rings is 1. The highest BCUT2D eigenvalue weighted by molar-refractivity contribution is 7.89. The van der Waals surface area contributed by atoms with E-state index in [0.717, 1.165) is 25.3 Å². The topological polar surface area (TPSA) is 63.7 Å². The highest BCUT2D eigenvalue weighted by atomic mass is 32.2. The lowest BCUT2D eigenvalue weighted by atomic mass is 9.94. The molecule has 1 heterocycles. The van der Waals surface area contributed by atoms with Crippen molar-refractivity contribution < 1.29 is 17.9 Å². The molecular weight excluding hydrogens is 342 g/mol. The largest absolute Gasteiger partial charge is 0.466 e. The van der Waals surface area contributed by atoms with E-state index >= 15 is 0 Å². The molecular formula is C17H33NO4SSi. The first kappa shape index (κ1) is 21.4. The van der Waals surface area contributed by atoms with Crippen molar-refractivity contribution in [3.63, 3.8) is 0 Å². The SMILES string of the molecule is C=CC[C@H]1CCC[C@H](CC(=O)OCC)N1S(=O)(=O)CC[Si](C)(C)C. The molecule has 1 rings (SSSR count). The Morgan fingerprint density at radius 2 is 1.92 bits per heavy atom. The molecule has 1 aliphatic rings. The van der Waals surface area contributed by atoms with Gasteiger partial charge in [0, 0.05) is 20.2 Å². The fraction of sp³-hybridized carbons (Fsp3) is 0.824. The minimum absolute atomic E-state index is 0.0812. The maximum atomic E-state index is 13.0. The molecule has 1 fully saturated rings. The molecule has 0 aromatic carbocycles. The van der Waals surface area contributed by atoms with Gasteiger partial charge in [0.25, 0.3) is 0 Å². The van der Waals surface area contributed by atoms with Crippen LogP contribution in [-0.4, -0.2) is 51.2 Å². The lowest BCUT2D eigenvalue weighted by molar-refractivity contribution is -0.144. The highest BCUT2D eigenvalue weighted by Crippen LogP contribution is 2.31. The average Bonchev–Trinajstić information content (AvgIpc) is 2.45. The molecule has 0 aromatic rings. The number of rotatable bonds is 9. The van der Waals surface area contributed by atoms with Crippen molar-refractivity contribution >= 4 is 24.1 Å². The van der Waals surface area contributed by atoms with Crippen molar-refractivity contribution in [2.45, 2.75) is 76.8 Å². The third kappa shape index (κ3) is 6.68. The van der Waals surface area contributed by atoms with Crippen molar-refractivity contribution in [3.8, 4) is 0 Å². The maximum Gasteiger partial charge on any atom is 0.307 e. The van der Waals surface area contributed by atoms with Gasteiger partial charge in [-0.05, 0) is 32.2 Å². The van der Waals surface area contributed by atoms with Crippen LogP contribution in [0, 0.1) is 0 Å². The van der Waals surface area contributed by atoms with E-state index in [0.29, 0.717) is 13.0 Å². The first-order valence-electron chi connectivity index (χ1n) is 8.88. The van der Waals surface area contributed by atoms with Gasteiger partial charge in [0.2, 0.25) is 10.0 Å². The second kappa shape index (κ2) is 9.15. The fourth-order valence-corrected chi connectivity index (χ4v) is 8.13. The smallest absolute Gasteiger partial charge is 0.307 e. The Morgan fingerprint density at radius 3 is 2.46 bits per heavy atom. The van der Waals surface area contributed by atoms with E-state index < -0.39 is 18.1 Å². The Labute approximate surface area is 148 Å². The van der Waals surface area contributed by atoms with E-state index in [1.807, 2.05) is 0 Å². The summed E-state index contributed by atoms with van der Waals surface area (Å²) in [6.07, 6.45) is 5.04. The van der Waals surface area contributed by atoms with Gasteiger partial charge in [-0.25, -0.2) is 8.42 Å². The van der Waals surface area contributed by atoms with Crippen molar-refractivity contribution in [2.75, 3.05) is 12.4 Å². The molecule has 0 amide bonds. The van der Waals surface area contributed by atoms with Crippen molar-refractivity contribution in [3.05, 3.63) is 12.7 Å². The number of nitrogens with zero attached hydrogens (tertiary/aromatic N) is 1. The van der Waals surface area contributed by atoms with Gasteiger partial charge >= 0.3 is 5.97 Å². The predicted molar refractivity (Wildman–Crippen MR) is 101 cm³/mol. The summed E-state index contributed by atoms with van der Waals surface area (Å²) in [5.74, 6) is -0.137. The summed E-state index contributed by atoms with van der Waals surface area (Å²) in [7, 11) is -4.84. The van der Waals surface area contributed by atoms with Crippen LogP contribution >= 0.6 is 0 Å². The standard InChI is InChI=1S/C17H33NO4SSi/c1-6-9-15-10-8-11-16(14-17(19)22-7-2)18(15)23(20,21)12-13-24(3,4)5/h6,15-16H,1,7-14H2,2-5H3/t15-,16+/m0/s1. The predicted octanol–water partition coefficient (Wildman–Crippen LogP) is 3.41. The average molecular weight is 376 g/mol. The van der Waals surface area contributed by atoms with E-state index in [4.69, 9.17) is 4.74 Å². The first-order valence-corrected chi connectivity index (χ1v) is 14.2. The number of carbonyl (C=O) groups excluding carboxylic acids is 1. The number of carbonyl (C=O) groups is 1. The van der Waals surface area contributed by atoms with Crippen LogP contribution in [0.5, 0.6) is 0 Å². The van der Waals surface area contributed by atoms with Gasteiger partial charge in [-0.3, -0.25) is 4.79 Å². The molecule has 0 N–H and O–H groups in total. The van der Waals surface area contributed by atoms with E-state index in [9.17, 15) is 13.2 Å². The van der Waals surface area contributed by atoms with Crippen LogP contribution in [0.15, 0.2) is 12.7 Å². The van der Waals surface area contributed by atoms with Gasteiger partial charge in [0.05, 0.1) is 18.8 Å². The fourth-order valence-electron chi connectivity index (χ4n) is 3.16. The van der Waals surface area contributed by atoms with Crippen LogP contribution < -0.4 is 0 Å². The van der Waals surface area contributed by atoms with Crippen LogP contribution in [0.1, 0.15) is 39.0 Å². The summed E-state index contributed by atoms with van der Waals surface area (Å²) in [4.78, 5) is 11.9. The molecule has 0 aromatic heterocycles. The third-order valence-electron chi connectivity index (χ3n) is 4.37. The minimum atomic E-state index is -3.39. The van der Waals surface area contributed by atoms with Crippen LogP contribution in [0.3, 0.4) is 0 Å². The zero-order chi connectivity index (χ0) is 18.4.